The summed E-state index contributed by atoms with van der Waals surface area (Å²) in [6.45, 7) is 38.4. The van der Waals surface area contributed by atoms with Crippen molar-refractivity contribution >= 4 is 59.7 Å². The van der Waals surface area contributed by atoms with E-state index in [0.29, 0.717) is 97.4 Å². The Kier molecular flexibility index (Phi) is 26.7. The zero-order chi connectivity index (χ0) is 77.8. The van der Waals surface area contributed by atoms with E-state index in [9.17, 15) is 53.1 Å². The molecule has 1 N–H and O–H groups in total. The van der Waals surface area contributed by atoms with Gasteiger partial charge in [0.2, 0.25) is 12.2 Å². The lowest BCUT2D eigenvalue weighted by Crippen LogP contribution is -2.60. The minimum atomic E-state index is -0.776. The summed E-state index contributed by atoms with van der Waals surface area (Å²) in [7, 11) is 0. The monoisotopic (exact) mass is 1480 g/mol. The number of hydrogen-bond donors (Lipinski definition) is 1. The molecule has 0 radical (unpaired) electrons. The van der Waals surface area contributed by atoms with Crippen LogP contribution in [0.25, 0.3) is 0 Å². The van der Waals surface area contributed by atoms with E-state index in [1.165, 1.54) is 90.9 Å². The Hall–Kier alpha value is -6.38. The third kappa shape index (κ3) is 19.2. The molecule has 0 aromatic carbocycles. The highest BCUT2D eigenvalue weighted by atomic mass is 16.6. The van der Waals surface area contributed by atoms with Crippen molar-refractivity contribution in [3.8, 4) is 0 Å². The fourth-order valence-corrected chi connectivity index (χ4v) is 21.7. The Morgan fingerprint density at radius 3 is 1.16 bits per heavy atom. The van der Waals surface area contributed by atoms with Crippen LogP contribution in [0.4, 0.5) is 0 Å². The number of carbonyl (C=O) groups excluding carboxylic acids is 10. The van der Waals surface area contributed by atoms with Crippen LogP contribution in [0, 0.1) is 93.7 Å². The van der Waals surface area contributed by atoms with E-state index in [1.807, 2.05) is 27.7 Å². The van der Waals surface area contributed by atoms with Gasteiger partial charge in [-0.05, 0) is 299 Å². The van der Waals surface area contributed by atoms with E-state index in [-0.39, 0.29) is 51.6 Å². The summed E-state index contributed by atoms with van der Waals surface area (Å²) in [5.74, 6) is 5.49. The molecule has 18 rings (SSSR count). The molecule has 2 heterocycles. The molecule has 16 aliphatic carbocycles. The van der Waals surface area contributed by atoms with Gasteiger partial charge in [-0.15, -0.1) is 0 Å². The first kappa shape index (κ1) is 83.7. The molecule has 18 aliphatic rings. The number of hydrogen-bond acceptors (Lipinski definition) is 21. The lowest BCUT2D eigenvalue weighted by Gasteiger charge is -2.60. The van der Waals surface area contributed by atoms with Gasteiger partial charge in [0, 0.05) is 41.6 Å². The van der Waals surface area contributed by atoms with Crippen LogP contribution in [-0.4, -0.2) is 131 Å². The normalized spacial score (nSPS) is 36.9. The highest BCUT2D eigenvalue weighted by Gasteiger charge is 2.63. The molecule has 2 aliphatic heterocycles. The van der Waals surface area contributed by atoms with Gasteiger partial charge < -0.3 is 52.5 Å². The first-order valence-corrected chi connectivity index (χ1v) is 40.1. The Morgan fingerprint density at radius 2 is 0.792 bits per heavy atom. The minimum Gasteiger partial charge on any atom is -0.463 e. The summed E-state index contributed by atoms with van der Waals surface area (Å²) in [4.78, 5) is 116. The van der Waals surface area contributed by atoms with E-state index >= 15 is 0 Å². The van der Waals surface area contributed by atoms with Gasteiger partial charge in [0.05, 0.1) is 29.6 Å². The van der Waals surface area contributed by atoms with Gasteiger partial charge in [0.25, 0.3) is 0 Å². The maximum Gasteiger partial charge on any atom is 0.347 e. The Morgan fingerprint density at radius 1 is 0.434 bits per heavy atom. The van der Waals surface area contributed by atoms with E-state index in [4.69, 9.17) is 37.9 Å². The molecule has 16 saturated carbocycles. The van der Waals surface area contributed by atoms with Gasteiger partial charge in [0.1, 0.15) is 22.4 Å². The molecular weight excluding hydrogens is 1360 g/mol. The van der Waals surface area contributed by atoms with Crippen LogP contribution in [0.5, 0.6) is 0 Å². The molecule has 21 heteroatoms. The van der Waals surface area contributed by atoms with E-state index in [2.05, 4.69) is 56.6 Å². The van der Waals surface area contributed by atoms with Crippen molar-refractivity contribution in [1.29, 1.82) is 0 Å². The van der Waals surface area contributed by atoms with Gasteiger partial charge >= 0.3 is 59.7 Å². The number of ether oxygens (including phenoxy) is 10. The standard InChI is InChI=1S/C19H26O6.C18H30O2.C16H24O2.C14H20O3.C10H16O4.C8H10O4/c1-11(2)18(22)24-9-16(20)23-10-17(21)25-19(3)14-5-12-4-13(7-14)8-15(19)6-12;1-5-17(3,4)16(19)20-18(6-2)14-8-12-7-13(10-14)11-15(18)9-12;1-4-16(18-15(17)10(2)3)13-6-11-5-12(8-13)9-14(16)7-11;1-9(2)12(15)17-14-6-10-3-11(7-14)5-13(16,4-10)8-14;1-4-10(2,3)9(12)14-7-5-6-13-8(7)11;1-5(2)7(9)12-6-3-4-11-8(6)10/h12-15H,1,4-10H2,2-3H3;12-15H,5-11H2,1-4H3;11-14H,2,4-9H2,1,3H3;10-11,16H,1,3-8H2,2H3;7H,4-6H2,1-3H3;6H,1,3-4H2,2H3. The second-order valence-corrected chi connectivity index (χ2v) is 36.3. The van der Waals surface area contributed by atoms with Gasteiger partial charge in [0.15, 0.2) is 13.2 Å². The first-order chi connectivity index (χ1) is 49.7. The van der Waals surface area contributed by atoms with Crippen LogP contribution >= 0.6 is 0 Å². The molecule has 18 fully saturated rings. The van der Waals surface area contributed by atoms with Crippen LogP contribution < -0.4 is 0 Å². The molecule has 592 valence electrons. The summed E-state index contributed by atoms with van der Waals surface area (Å²) in [6.07, 6.45) is 27.6. The van der Waals surface area contributed by atoms with Crippen LogP contribution in [0.3, 0.4) is 0 Å². The molecule has 0 aromatic heterocycles. The largest absolute Gasteiger partial charge is 0.463 e. The van der Waals surface area contributed by atoms with E-state index < -0.39 is 83.5 Å². The predicted octanol–water partition coefficient (Wildman–Crippen LogP) is 14.6. The molecule has 4 unspecified atom stereocenters. The van der Waals surface area contributed by atoms with Crippen molar-refractivity contribution in [1.82, 2.24) is 0 Å². The number of carbonyl (C=O) groups is 10. The molecule has 21 nitrogen and oxygen atoms in total. The number of rotatable bonds is 20. The van der Waals surface area contributed by atoms with Crippen molar-refractivity contribution in [2.75, 3.05) is 26.4 Å². The van der Waals surface area contributed by atoms with Crippen LogP contribution in [0.15, 0.2) is 48.6 Å². The van der Waals surface area contributed by atoms with Crippen molar-refractivity contribution < 1.29 is 100 Å². The first-order valence-electron chi connectivity index (χ1n) is 40.1. The summed E-state index contributed by atoms with van der Waals surface area (Å²) in [6, 6.07) is 0. The van der Waals surface area contributed by atoms with Crippen molar-refractivity contribution in [2.45, 2.75) is 304 Å². The van der Waals surface area contributed by atoms with Gasteiger partial charge in [-0.1, -0.05) is 54.0 Å². The second-order valence-electron chi connectivity index (χ2n) is 36.3. The molecule has 0 amide bonds. The third-order valence-electron chi connectivity index (χ3n) is 27.3. The average molecular weight is 1480 g/mol. The quantitative estimate of drug-likeness (QED) is 0.0673. The van der Waals surface area contributed by atoms with Crippen LogP contribution in [0.1, 0.15) is 263 Å². The lowest BCUT2D eigenvalue weighted by molar-refractivity contribution is -0.218. The second kappa shape index (κ2) is 33.9. The van der Waals surface area contributed by atoms with Crippen LogP contribution in [-0.2, 0) is 95.3 Å². The molecule has 2 saturated heterocycles. The molecular formula is C85H126O21. The molecule has 16 bridgehead atoms. The maximum absolute atomic E-state index is 12.6. The SMILES string of the molecule is C=C(C)C(=O)OC1(CC)C2CC3CC(C2)CC1C3.C=C(C)C(=O)OC12CC3CC(CC(O)(C3)C1)C2.C=C(C)C(=O)OC1CCOC1=O.C=C(C)C(=O)OCC(=O)OCC(=O)OC1(C)C2CC3CC(C2)CC1C3.CCC(C)(C)C(=O)OC1(CC)C2CC3CC(C2)CC1C3.CCC(C)(C)C(=O)OC1CCOC1=O. The zero-order valence-electron chi connectivity index (χ0n) is 66.1. The molecule has 106 heavy (non-hydrogen) atoms. The number of esters is 10. The van der Waals surface area contributed by atoms with Crippen molar-refractivity contribution in [3.05, 3.63) is 48.6 Å². The fourth-order valence-electron chi connectivity index (χ4n) is 21.7. The van der Waals surface area contributed by atoms with Gasteiger partial charge in [-0.25, -0.2) is 38.4 Å². The Bertz CT molecular complexity index is 3230. The smallest absolute Gasteiger partial charge is 0.347 e. The molecule has 0 spiro atoms. The molecule has 0 aromatic rings. The van der Waals surface area contributed by atoms with E-state index in [0.717, 1.165) is 106 Å². The summed E-state index contributed by atoms with van der Waals surface area (Å²) in [5, 5.41) is 10.5. The van der Waals surface area contributed by atoms with Crippen molar-refractivity contribution in [2.24, 2.45) is 93.7 Å². The maximum atomic E-state index is 12.6. The zero-order valence-corrected chi connectivity index (χ0v) is 66.1. The topological polar surface area (TPSA) is 283 Å². The Labute approximate surface area is 629 Å². The third-order valence-corrected chi connectivity index (χ3v) is 27.3. The fraction of sp³-hybridized carbons (Fsp3) is 0.788. The van der Waals surface area contributed by atoms with Gasteiger partial charge in [-0.2, -0.15) is 0 Å². The minimum absolute atomic E-state index is 0.0364. The number of aliphatic hydroxyl groups is 1. The summed E-state index contributed by atoms with van der Waals surface area (Å²) < 4.78 is 52.4. The van der Waals surface area contributed by atoms with Crippen molar-refractivity contribution in [3.63, 3.8) is 0 Å². The van der Waals surface area contributed by atoms with Crippen LogP contribution in [0.2, 0.25) is 0 Å². The highest BCUT2D eigenvalue weighted by molar-refractivity contribution is 5.90. The van der Waals surface area contributed by atoms with Gasteiger partial charge in [-0.3, -0.25) is 9.59 Å². The summed E-state index contributed by atoms with van der Waals surface area (Å²) >= 11 is 0. The highest BCUT2D eigenvalue weighted by Crippen LogP contribution is 2.64. The Balaban J connectivity index is 0.000000149. The van der Waals surface area contributed by atoms with E-state index in [1.54, 1.807) is 27.7 Å². The number of cyclic esters (lactones) is 2. The lowest BCUT2D eigenvalue weighted by atomic mass is 9.49. The predicted molar refractivity (Wildman–Crippen MR) is 393 cm³/mol. The molecule has 4 atom stereocenters. The summed E-state index contributed by atoms with van der Waals surface area (Å²) in [5.41, 5.74) is -1.08. The average Bonchev–Trinajstić information content (AvgIpc) is 0.829.